The Morgan fingerprint density at radius 3 is 2.55 bits per heavy atom. The van der Waals surface area contributed by atoms with Crippen LogP contribution in [0.15, 0.2) is 24.3 Å². The smallest absolute Gasteiger partial charge is 0.387 e. The zero-order chi connectivity index (χ0) is 15.0. The molecule has 1 aromatic rings. The zero-order valence-corrected chi connectivity index (χ0v) is 11.7. The number of para-hydroxylation sites is 1. The number of nitrogens with zero attached hydrogens (tertiary/aromatic N) is 1. The van der Waals surface area contributed by atoms with Crippen molar-refractivity contribution in [2.45, 2.75) is 27.0 Å². The summed E-state index contributed by atoms with van der Waals surface area (Å²) in [4.78, 5) is 13.5. The van der Waals surface area contributed by atoms with Crippen molar-refractivity contribution in [1.29, 1.82) is 0 Å². The number of carbonyl (C=O) groups excluding carboxylic acids is 1. The summed E-state index contributed by atoms with van der Waals surface area (Å²) in [6.45, 7) is 2.75. The second kappa shape index (κ2) is 8.47. The van der Waals surface area contributed by atoms with Gasteiger partial charge in [0.2, 0.25) is 5.91 Å². The van der Waals surface area contributed by atoms with Gasteiger partial charge < -0.3 is 15.0 Å². The lowest BCUT2D eigenvalue weighted by Gasteiger charge is -2.19. The Kier molecular flexibility index (Phi) is 6.93. The first kappa shape index (κ1) is 16.4. The fraction of sp³-hybridized carbons (Fsp3) is 0.500. The van der Waals surface area contributed by atoms with E-state index in [0.717, 1.165) is 0 Å². The number of halogens is 2. The molecular formula is C14H20F2N2O2. The van der Waals surface area contributed by atoms with E-state index in [2.05, 4.69) is 10.1 Å². The van der Waals surface area contributed by atoms with E-state index in [1.54, 1.807) is 23.1 Å². The molecule has 1 N–H and O–H groups in total. The molecule has 1 rings (SSSR count). The topological polar surface area (TPSA) is 41.6 Å². The SMILES string of the molecule is CCN(CC)C(=O)CNCc1ccccc1OC(F)F. The maximum absolute atomic E-state index is 12.2. The Morgan fingerprint density at radius 2 is 1.95 bits per heavy atom. The average molecular weight is 286 g/mol. The van der Waals surface area contributed by atoms with E-state index in [9.17, 15) is 13.6 Å². The maximum Gasteiger partial charge on any atom is 0.387 e. The molecule has 0 unspecified atom stereocenters. The molecule has 6 heteroatoms. The second-order valence-electron chi connectivity index (χ2n) is 4.16. The largest absolute Gasteiger partial charge is 0.434 e. The number of amides is 1. The molecule has 1 aromatic carbocycles. The maximum atomic E-state index is 12.2. The van der Waals surface area contributed by atoms with Crippen molar-refractivity contribution in [3.63, 3.8) is 0 Å². The zero-order valence-electron chi connectivity index (χ0n) is 11.7. The van der Waals surface area contributed by atoms with Crippen LogP contribution in [0.1, 0.15) is 19.4 Å². The number of nitrogens with one attached hydrogen (secondary N) is 1. The van der Waals surface area contributed by atoms with E-state index in [4.69, 9.17) is 0 Å². The highest BCUT2D eigenvalue weighted by atomic mass is 19.3. The summed E-state index contributed by atoms with van der Waals surface area (Å²) in [5, 5.41) is 2.95. The second-order valence-corrected chi connectivity index (χ2v) is 4.16. The first-order valence-electron chi connectivity index (χ1n) is 6.59. The normalized spacial score (nSPS) is 10.7. The van der Waals surface area contributed by atoms with Crippen LogP contribution in [-0.2, 0) is 11.3 Å². The van der Waals surface area contributed by atoms with E-state index >= 15 is 0 Å². The van der Waals surface area contributed by atoms with Crippen LogP contribution < -0.4 is 10.1 Å². The lowest BCUT2D eigenvalue weighted by Crippen LogP contribution is -2.37. The molecule has 0 aliphatic rings. The molecule has 0 fully saturated rings. The van der Waals surface area contributed by atoms with Gasteiger partial charge in [0.15, 0.2) is 0 Å². The van der Waals surface area contributed by atoms with Crippen molar-refractivity contribution in [2.24, 2.45) is 0 Å². The summed E-state index contributed by atoms with van der Waals surface area (Å²) in [7, 11) is 0. The minimum Gasteiger partial charge on any atom is -0.434 e. The number of ether oxygens (including phenoxy) is 1. The van der Waals surface area contributed by atoms with Crippen molar-refractivity contribution in [1.82, 2.24) is 10.2 Å². The van der Waals surface area contributed by atoms with E-state index < -0.39 is 6.61 Å². The highest BCUT2D eigenvalue weighted by Crippen LogP contribution is 2.19. The van der Waals surface area contributed by atoms with Crippen LogP contribution in [0.4, 0.5) is 8.78 Å². The third-order valence-corrected chi connectivity index (χ3v) is 2.90. The molecule has 0 spiro atoms. The molecule has 0 aromatic heterocycles. The highest BCUT2D eigenvalue weighted by molar-refractivity contribution is 5.78. The standard InChI is InChI=1S/C14H20F2N2O2/c1-3-18(4-2)13(19)10-17-9-11-7-5-6-8-12(11)20-14(15)16/h5-8,14,17H,3-4,9-10H2,1-2H3. The van der Waals surface area contributed by atoms with Gasteiger partial charge in [0.25, 0.3) is 0 Å². The summed E-state index contributed by atoms with van der Waals surface area (Å²) in [6.07, 6.45) is 0. The molecule has 0 aliphatic carbocycles. The van der Waals surface area contributed by atoms with Gasteiger partial charge in [-0.1, -0.05) is 18.2 Å². The van der Waals surface area contributed by atoms with Crippen LogP contribution in [0.5, 0.6) is 5.75 Å². The first-order valence-corrected chi connectivity index (χ1v) is 6.59. The first-order chi connectivity index (χ1) is 9.58. The summed E-state index contributed by atoms with van der Waals surface area (Å²) in [6, 6.07) is 6.53. The Balaban J connectivity index is 2.51. The van der Waals surface area contributed by atoms with Gasteiger partial charge in [-0.05, 0) is 19.9 Å². The number of rotatable bonds is 8. The van der Waals surface area contributed by atoms with Crippen molar-refractivity contribution in [3.05, 3.63) is 29.8 Å². The number of benzene rings is 1. The molecule has 20 heavy (non-hydrogen) atoms. The summed E-state index contributed by atoms with van der Waals surface area (Å²) in [5.41, 5.74) is 0.597. The summed E-state index contributed by atoms with van der Waals surface area (Å²) in [5.74, 6) is 0.118. The molecule has 0 radical (unpaired) electrons. The lowest BCUT2D eigenvalue weighted by atomic mass is 10.2. The number of alkyl halides is 2. The van der Waals surface area contributed by atoms with Crippen LogP contribution in [0, 0.1) is 0 Å². The van der Waals surface area contributed by atoms with Gasteiger partial charge in [0.1, 0.15) is 5.75 Å². The van der Waals surface area contributed by atoms with Crippen LogP contribution in [0.3, 0.4) is 0 Å². The van der Waals surface area contributed by atoms with Gasteiger partial charge in [-0.3, -0.25) is 4.79 Å². The van der Waals surface area contributed by atoms with Gasteiger partial charge in [0, 0.05) is 25.2 Å². The Labute approximate surface area is 117 Å². The predicted octanol–water partition coefficient (Wildman–Crippen LogP) is 2.25. The van der Waals surface area contributed by atoms with Crippen molar-refractivity contribution in [3.8, 4) is 5.75 Å². The summed E-state index contributed by atoms with van der Waals surface area (Å²) >= 11 is 0. The Hall–Kier alpha value is -1.69. The van der Waals surface area contributed by atoms with Crippen molar-refractivity contribution >= 4 is 5.91 Å². The fourth-order valence-electron chi connectivity index (χ4n) is 1.85. The minimum atomic E-state index is -2.85. The third kappa shape index (κ3) is 5.13. The van der Waals surface area contributed by atoms with Gasteiger partial charge >= 0.3 is 6.61 Å². The van der Waals surface area contributed by atoms with Crippen LogP contribution in [0.25, 0.3) is 0 Å². The number of likely N-dealkylation sites (N-methyl/N-ethyl adjacent to an activating group) is 1. The van der Waals surface area contributed by atoms with Crippen molar-refractivity contribution in [2.75, 3.05) is 19.6 Å². The van der Waals surface area contributed by atoms with E-state index in [1.165, 1.54) is 6.07 Å². The summed E-state index contributed by atoms with van der Waals surface area (Å²) < 4.78 is 28.9. The van der Waals surface area contributed by atoms with E-state index in [0.29, 0.717) is 25.2 Å². The molecule has 0 atom stereocenters. The monoisotopic (exact) mass is 286 g/mol. The Bertz CT molecular complexity index is 423. The fourth-order valence-corrected chi connectivity index (χ4v) is 1.85. The van der Waals surface area contributed by atoms with Gasteiger partial charge in [0.05, 0.1) is 6.54 Å². The highest BCUT2D eigenvalue weighted by Gasteiger charge is 2.11. The van der Waals surface area contributed by atoms with E-state index in [-0.39, 0.29) is 18.2 Å². The average Bonchev–Trinajstić information content (AvgIpc) is 2.41. The molecule has 0 heterocycles. The van der Waals surface area contributed by atoms with Crippen LogP contribution >= 0.6 is 0 Å². The van der Waals surface area contributed by atoms with Gasteiger partial charge in [-0.15, -0.1) is 0 Å². The lowest BCUT2D eigenvalue weighted by molar-refractivity contribution is -0.129. The molecule has 0 saturated heterocycles. The molecule has 112 valence electrons. The van der Waals surface area contributed by atoms with Crippen molar-refractivity contribution < 1.29 is 18.3 Å². The van der Waals surface area contributed by atoms with Crippen LogP contribution in [0.2, 0.25) is 0 Å². The minimum absolute atomic E-state index is 0.0118. The molecule has 0 aliphatic heterocycles. The molecule has 4 nitrogen and oxygen atoms in total. The van der Waals surface area contributed by atoms with Gasteiger partial charge in [-0.25, -0.2) is 0 Å². The number of carbonyl (C=O) groups is 1. The van der Waals surface area contributed by atoms with Gasteiger partial charge in [-0.2, -0.15) is 8.78 Å². The molecule has 1 amide bonds. The molecule has 0 saturated carbocycles. The predicted molar refractivity (Wildman–Crippen MR) is 72.7 cm³/mol. The van der Waals surface area contributed by atoms with E-state index in [1.807, 2.05) is 13.8 Å². The quantitative estimate of drug-likeness (QED) is 0.797. The third-order valence-electron chi connectivity index (χ3n) is 2.90. The molecule has 0 bridgehead atoms. The van der Waals surface area contributed by atoms with Crippen LogP contribution in [-0.4, -0.2) is 37.1 Å². The molecular weight excluding hydrogens is 266 g/mol. The Morgan fingerprint density at radius 1 is 1.30 bits per heavy atom. The number of hydrogen-bond donors (Lipinski definition) is 1. The number of hydrogen-bond acceptors (Lipinski definition) is 3.